The summed E-state index contributed by atoms with van der Waals surface area (Å²) >= 11 is 1.71. The van der Waals surface area contributed by atoms with Gasteiger partial charge in [0, 0.05) is 24.5 Å². The molecule has 2 heterocycles. The minimum atomic E-state index is -0.256. The van der Waals surface area contributed by atoms with Gasteiger partial charge in [-0.3, -0.25) is 9.69 Å². The third-order valence-electron chi connectivity index (χ3n) is 2.89. The Morgan fingerprint density at radius 3 is 3.18 bits per heavy atom. The van der Waals surface area contributed by atoms with Crippen LogP contribution in [-0.2, 0) is 11.2 Å². The molecule has 1 atom stereocenters. The molecule has 1 aliphatic rings. The van der Waals surface area contributed by atoms with E-state index in [0.29, 0.717) is 19.6 Å². The summed E-state index contributed by atoms with van der Waals surface area (Å²) in [6.07, 6.45) is 1.42. The predicted molar refractivity (Wildman–Crippen MR) is 68.1 cm³/mol. The summed E-state index contributed by atoms with van der Waals surface area (Å²) in [7, 11) is 0. The van der Waals surface area contributed by atoms with Crippen LogP contribution in [0.4, 0.5) is 0 Å². The second-order valence-electron chi connectivity index (χ2n) is 4.36. The van der Waals surface area contributed by atoms with Gasteiger partial charge < -0.3 is 10.4 Å². The Bertz CT molecular complexity index is 353. The van der Waals surface area contributed by atoms with Crippen LogP contribution < -0.4 is 5.32 Å². The summed E-state index contributed by atoms with van der Waals surface area (Å²) in [5, 5.41) is 14.3. The van der Waals surface area contributed by atoms with Crippen molar-refractivity contribution >= 4 is 17.2 Å². The fraction of sp³-hybridized carbons (Fsp3) is 0.583. The van der Waals surface area contributed by atoms with E-state index in [-0.39, 0.29) is 12.0 Å². The molecule has 0 aliphatic carbocycles. The first kappa shape index (κ1) is 12.5. The van der Waals surface area contributed by atoms with E-state index in [9.17, 15) is 9.90 Å². The number of aliphatic hydroxyl groups excluding tert-OH is 1. The largest absolute Gasteiger partial charge is 0.392 e. The average Bonchev–Trinajstić information content (AvgIpc) is 2.90. The fourth-order valence-corrected chi connectivity index (χ4v) is 2.70. The third-order valence-corrected chi connectivity index (χ3v) is 3.82. The monoisotopic (exact) mass is 254 g/mol. The molecule has 0 spiro atoms. The van der Waals surface area contributed by atoms with Gasteiger partial charge in [0.2, 0.25) is 5.91 Å². The van der Waals surface area contributed by atoms with E-state index >= 15 is 0 Å². The van der Waals surface area contributed by atoms with Gasteiger partial charge in [0.15, 0.2) is 0 Å². The zero-order chi connectivity index (χ0) is 12.1. The molecule has 1 aliphatic heterocycles. The summed E-state index contributed by atoms with van der Waals surface area (Å²) in [6, 6.07) is 4.10. The number of nitrogens with one attached hydrogen (secondary N) is 1. The first-order valence-electron chi connectivity index (χ1n) is 5.93. The highest BCUT2D eigenvalue weighted by atomic mass is 32.1. The van der Waals surface area contributed by atoms with Crippen LogP contribution in [0.15, 0.2) is 17.5 Å². The van der Waals surface area contributed by atoms with E-state index in [1.165, 1.54) is 4.88 Å². The van der Waals surface area contributed by atoms with E-state index in [4.69, 9.17) is 0 Å². The molecule has 5 heteroatoms. The zero-order valence-corrected chi connectivity index (χ0v) is 10.6. The number of rotatable bonds is 5. The number of aliphatic hydroxyl groups is 1. The molecule has 2 N–H and O–H groups in total. The van der Waals surface area contributed by atoms with Gasteiger partial charge in [-0.05, 0) is 24.3 Å². The number of hydrogen-bond donors (Lipinski definition) is 2. The molecule has 1 fully saturated rings. The Balaban J connectivity index is 1.61. The maximum Gasteiger partial charge on any atom is 0.234 e. The highest BCUT2D eigenvalue weighted by Gasteiger charge is 2.21. The first-order chi connectivity index (χ1) is 8.24. The molecule has 0 aromatic carbocycles. The maximum absolute atomic E-state index is 11.6. The Hall–Kier alpha value is -0.910. The van der Waals surface area contributed by atoms with Gasteiger partial charge in [0.25, 0.3) is 0 Å². The lowest BCUT2D eigenvalue weighted by atomic mass is 10.3. The molecule has 17 heavy (non-hydrogen) atoms. The van der Waals surface area contributed by atoms with Crippen LogP contribution in [-0.4, -0.2) is 48.2 Å². The Morgan fingerprint density at radius 2 is 2.53 bits per heavy atom. The molecule has 2 rings (SSSR count). The number of nitrogens with zero attached hydrogens (tertiary/aromatic N) is 1. The second-order valence-corrected chi connectivity index (χ2v) is 5.39. The molecule has 4 nitrogen and oxygen atoms in total. The van der Waals surface area contributed by atoms with E-state index in [2.05, 4.69) is 11.4 Å². The number of hydrogen-bond acceptors (Lipinski definition) is 4. The van der Waals surface area contributed by atoms with Crippen molar-refractivity contribution in [3.05, 3.63) is 22.4 Å². The van der Waals surface area contributed by atoms with Crippen molar-refractivity contribution in [2.45, 2.75) is 18.9 Å². The zero-order valence-electron chi connectivity index (χ0n) is 9.76. The summed E-state index contributed by atoms with van der Waals surface area (Å²) < 4.78 is 0. The summed E-state index contributed by atoms with van der Waals surface area (Å²) in [5.74, 6) is 0.0515. The van der Waals surface area contributed by atoms with Crippen LogP contribution in [0.3, 0.4) is 0 Å². The molecule has 1 unspecified atom stereocenters. The van der Waals surface area contributed by atoms with Crippen molar-refractivity contribution in [3.8, 4) is 0 Å². The van der Waals surface area contributed by atoms with Gasteiger partial charge in [-0.2, -0.15) is 0 Å². The Morgan fingerprint density at radius 1 is 1.65 bits per heavy atom. The fourth-order valence-electron chi connectivity index (χ4n) is 1.99. The summed E-state index contributed by atoms with van der Waals surface area (Å²) in [4.78, 5) is 14.9. The predicted octanol–water partition coefficient (Wildman–Crippen LogP) is 0.473. The summed E-state index contributed by atoms with van der Waals surface area (Å²) in [6.45, 7) is 2.54. The number of β-amino-alcohol motifs (C(OH)–C–C–N with tert-alkyl or cyclic N) is 1. The SMILES string of the molecule is O=C(CN1CCC(O)C1)NCCc1cccs1. The number of thiophene rings is 1. The van der Waals surface area contributed by atoms with Crippen LogP contribution in [0.2, 0.25) is 0 Å². The molecule has 0 radical (unpaired) electrons. The standard InChI is InChI=1S/C12H18N2O2S/c15-10-4-6-14(8-10)9-12(16)13-5-3-11-2-1-7-17-11/h1-2,7,10,15H,3-6,8-9H2,(H,13,16). The van der Waals surface area contributed by atoms with Crippen molar-refractivity contribution in [1.29, 1.82) is 0 Å². The van der Waals surface area contributed by atoms with Gasteiger partial charge in [-0.25, -0.2) is 0 Å². The quantitative estimate of drug-likeness (QED) is 0.803. The lowest BCUT2D eigenvalue weighted by Crippen LogP contribution is -2.37. The van der Waals surface area contributed by atoms with E-state index in [1.54, 1.807) is 11.3 Å². The molecule has 94 valence electrons. The van der Waals surface area contributed by atoms with Crippen molar-refractivity contribution in [1.82, 2.24) is 10.2 Å². The lowest BCUT2D eigenvalue weighted by molar-refractivity contribution is -0.122. The molecule has 0 saturated carbocycles. The smallest absolute Gasteiger partial charge is 0.234 e. The Labute approximate surface area is 105 Å². The number of carbonyl (C=O) groups excluding carboxylic acids is 1. The van der Waals surface area contributed by atoms with Gasteiger partial charge in [-0.1, -0.05) is 6.07 Å². The average molecular weight is 254 g/mol. The molecular weight excluding hydrogens is 236 g/mol. The minimum absolute atomic E-state index is 0.0515. The normalized spacial score (nSPS) is 20.6. The second kappa shape index (κ2) is 6.14. The van der Waals surface area contributed by atoms with Crippen LogP contribution in [0.25, 0.3) is 0 Å². The van der Waals surface area contributed by atoms with E-state index < -0.39 is 0 Å². The Kier molecular flexibility index (Phi) is 4.53. The highest BCUT2D eigenvalue weighted by molar-refractivity contribution is 7.09. The summed E-state index contributed by atoms with van der Waals surface area (Å²) in [5.41, 5.74) is 0. The van der Waals surface area contributed by atoms with Gasteiger partial charge >= 0.3 is 0 Å². The number of amides is 1. The molecule has 1 amide bonds. The first-order valence-corrected chi connectivity index (χ1v) is 6.81. The number of likely N-dealkylation sites (tertiary alicyclic amines) is 1. The molecule has 1 aromatic heterocycles. The molecular formula is C12H18N2O2S. The van der Waals surface area contributed by atoms with Gasteiger partial charge in [0.05, 0.1) is 12.6 Å². The lowest BCUT2D eigenvalue weighted by Gasteiger charge is -2.14. The van der Waals surface area contributed by atoms with Crippen LogP contribution in [0, 0.1) is 0 Å². The van der Waals surface area contributed by atoms with Crippen molar-refractivity contribution in [2.24, 2.45) is 0 Å². The molecule has 1 aromatic rings. The topological polar surface area (TPSA) is 52.6 Å². The van der Waals surface area contributed by atoms with Crippen molar-refractivity contribution in [3.63, 3.8) is 0 Å². The van der Waals surface area contributed by atoms with Crippen LogP contribution in [0.1, 0.15) is 11.3 Å². The van der Waals surface area contributed by atoms with E-state index in [0.717, 1.165) is 19.4 Å². The maximum atomic E-state index is 11.6. The van der Waals surface area contributed by atoms with Crippen molar-refractivity contribution in [2.75, 3.05) is 26.2 Å². The van der Waals surface area contributed by atoms with Gasteiger partial charge in [-0.15, -0.1) is 11.3 Å². The van der Waals surface area contributed by atoms with E-state index in [1.807, 2.05) is 16.3 Å². The van der Waals surface area contributed by atoms with Crippen LogP contribution >= 0.6 is 11.3 Å². The molecule has 0 bridgehead atoms. The third kappa shape index (κ3) is 4.11. The number of carbonyl (C=O) groups is 1. The highest BCUT2D eigenvalue weighted by Crippen LogP contribution is 2.09. The van der Waals surface area contributed by atoms with Crippen LogP contribution in [0.5, 0.6) is 0 Å². The minimum Gasteiger partial charge on any atom is -0.392 e. The van der Waals surface area contributed by atoms with Crippen molar-refractivity contribution < 1.29 is 9.90 Å². The van der Waals surface area contributed by atoms with Gasteiger partial charge in [0.1, 0.15) is 0 Å². The molecule has 1 saturated heterocycles.